The summed E-state index contributed by atoms with van der Waals surface area (Å²) in [6.45, 7) is 9.20. The van der Waals surface area contributed by atoms with Crippen LogP contribution in [0, 0.1) is 6.92 Å². The Bertz CT molecular complexity index is 568. The summed E-state index contributed by atoms with van der Waals surface area (Å²) in [5.74, 6) is 0.424. The largest absolute Gasteiger partial charge is 0.469 e. The van der Waals surface area contributed by atoms with E-state index >= 15 is 0 Å². The van der Waals surface area contributed by atoms with Crippen molar-refractivity contribution in [2.24, 2.45) is 0 Å². The summed E-state index contributed by atoms with van der Waals surface area (Å²) in [6.07, 6.45) is 3.79. The third-order valence-corrected chi connectivity index (χ3v) is 3.95. The van der Waals surface area contributed by atoms with E-state index < -0.39 is 0 Å². The van der Waals surface area contributed by atoms with Crippen LogP contribution in [-0.4, -0.2) is 48.1 Å². The molecule has 1 fully saturated rings. The van der Waals surface area contributed by atoms with Gasteiger partial charge in [0, 0.05) is 31.7 Å². The Labute approximate surface area is 143 Å². The third-order valence-electron chi connectivity index (χ3n) is 3.95. The van der Waals surface area contributed by atoms with Crippen molar-refractivity contribution >= 4 is 11.8 Å². The minimum Gasteiger partial charge on any atom is -0.469 e. The second-order valence-electron chi connectivity index (χ2n) is 7.32. The van der Waals surface area contributed by atoms with E-state index in [9.17, 15) is 9.59 Å². The van der Waals surface area contributed by atoms with Crippen LogP contribution in [-0.2, 0) is 9.53 Å². The highest BCUT2D eigenvalue weighted by Crippen LogP contribution is 2.17. The smallest absolute Gasteiger partial charge is 0.257 e. The molecule has 0 aliphatic carbocycles. The first kappa shape index (κ1) is 18.5. The molecule has 24 heavy (non-hydrogen) atoms. The number of hydrogen-bond acceptors (Lipinski definition) is 4. The average molecular weight is 336 g/mol. The fourth-order valence-corrected chi connectivity index (χ4v) is 2.80. The number of ether oxygens (including phenoxy) is 1. The highest BCUT2D eigenvalue weighted by atomic mass is 16.5. The van der Waals surface area contributed by atoms with Crippen molar-refractivity contribution in [1.29, 1.82) is 0 Å². The van der Waals surface area contributed by atoms with Crippen molar-refractivity contribution in [3.63, 3.8) is 0 Å². The van der Waals surface area contributed by atoms with Gasteiger partial charge in [-0.1, -0.05) is 0 Å². The van der Waals surface area contributed by atoms with Gasteiger partial charge in [-0.25, -0.2) is 0 Å². The number of aryl methyl sites for hydroxylation is 1. The Kier molecular flexibility index (Phi) is 6.04. The van der Waals surface area contributed by atoms with Gasteiger partial charge in [0.15, 0.2) is 0 Å². The minimum atomic E-state index is -0.276. The van der Waals surface area contributed by atoms with E-state index in [1.165, 1.54) is 6.26 Å². The van der Waals surface area contributed by atoms with E-state index in [0.717, 1.165) is 19.4 Å². The summed E-state index contributed by atoms with van der Waals surface area (Å²) in [4.78, 5) is 26.6. The Hall–Kier alpha value is -1.82. The van der Waals surface area contributed by atoms with Gasteiger partial charge < -0.3 is 19.4 Å². The number of furan rings is 1. The number of carbonyl (C=O) groups is 2. The van der Waals surface area contributed by atoms with E-state index in [4.69, 9.17) is 9.15 Å². The van der Waals surface area contributed by atoms with Crippen molar-refractivity contribution in [3.05, 3.63) is 23.7 Å². The van der Waals surface area contributed by atoms with Gasteiger partial charge in [-0.3, -0.25) is 9.59 Å². The maximum Gasteiger partial charge on any atom is 0.257 e. The quantitative estimate of drug-likeness (QED) is 0.866. The van der Waals surface area contributed by atoms with Crippen LogP contribution in [0.15, 0.2) is 16.7 Å². The van der Waals surface area contributed by atoms with Crippen LogP contribution < -0.4 is 5.32 Å². The highest BCUT2D eigenvalue weighted by Gasteiger charge is 2.26. The van der Waals surface area contributed by atoms with Crippen LogP contribution in [0.1, 0.15) is 56.2 Å². The molecule has 1 N–H and O–H groups in total. The van der Waals surface area contributed by atoms with Gasteiger partial charge >= 0.3 is 0 Å². The van der Waals surface area contributed by atoms with Crippen molar-refractivity contribution in [1.82, 2.24) is 10.2 Å². The lowest BCUT2D eigenvalue weighted by Gasteiger charge is -2.26. The van der Waals surface area contributed by atoms with Crippen LogP contribution in [0.2, 0.25) is 0 Å². The Balaban J connectivity index is 2.01. The summed E-state index contributed by atoms with van der Waals surface area (Å²) in [5, 5.41) is 2.93. The summed E-state index contributed by atoms with van der Waals surface area (Å²) < 4.78 is 10.9. The number of hydrogen-bond donors (Lipinski definition) is 1. The monoisotopic (exact) mass is 336 g/mol. The van der Waals surface area contributed by atoms with E-state index in [1.807, 2.05) is 20.8 Å². The SMILES string of the molecule is Cc1occc1C(=O)N(CCC(=O)NC(C)(C)C)C[C@H]1CCCO1. The molecule has 0 spiro atoms. The van der Waals surface area contributed by atoms with Gasteiger partial charge in [0.05, 0.1) is 17.9 Å². The van der Waals surface area contributed by atoms with Crippen LogP contribution in [0.3, 0.4) is 0 Å². The number of nitrogens with one attached hydrogen (secondary N) is 1. The molecule has 134 valence electrons. The molecule has 1 atom stereocenters. The Morgan fingerprint density at radius 1 is 1.38 bits per heavy atom. The van der Waals surface area contributed by atoms with Crippen LogP contribution >= 0.6 is 0 Å². The van der Waals surface area contributed by atoms with Crippen molar-refractivity contribution in [2.45, 2.75) is 58.6 Å². The zero-order valence-electron chi connectivity index (χ0n) is 15.1. The van der Waals surface area contributed by atoms with Crippen LogP contribution in [0.5, 0.6) is 0 Å². The molecule has 6 heteroatoms. The molecule has 1 aromatic rings. The summed E-state index contributed by atoms with van der Waals surface area (Å²) in [6, 6.07) is 1.68. The molecule has 0 saturated carbocycles. The first-order valence-corrected chi connectivity index (χ1v) is 8.52. The molecule has 2 rings (SSSR count). The molecule has 0 aromatic carbocycles. The van der Waals surface area contributed by atoms with Gasteiger partial charge in [0.1, 0.15) is 5.76 Å². The van der Waals surface area contributed by atoms with Gasteiger partial charge in [0.25, 0.3) is 5.91 Å². The van der Waals surface area contributed by atoms with Gasteiger partial charge in [-0.05, 0) is 46.6 Å². The van der Waals surface area contributed by atoms with Gasteiger partial charge in [0.2, 0.25) is 5.91 Å². The Morgan fingerprint density at radius 3 is 2.67 bits per heavy atom. The number of rotatable bonds is 6. The van der Waals surface area contributed by atoms with Crippen molar-refractivity contribution < 1.29 is 18.7 Å². The molecule has 1 aliphatic heterocycles. The first-order chi connectivity index (χ1) is 11.3. The van der Waals surface area contributed by atoms with E-state index in [0.29, 0.717) is 24.4 Å². The van der Waals surface area contributed by atoms with Crippen LogP contribution in [0.4, 0.5) is 0 Å². The summed E-state index contributed by atoms with van der Waals surface area (Å²) >= 11 is 0. The third kappa shape index (κ3) is 5.37. The van der Waals surface area contributed by atoms with Crippen molar-refractivity contribution in [3.8, 4) is 0 Å². The van der Waals surface area contributed by atoms with Crippen LogP contribution in [0.25, 0.3) is 0 Å². The molecule has 6 nitrogen and oxygen atoms in total. The molecule has 1 aromatic heterocycles. The average Bonchev–Trinajstić information content (AvgIpc) is 3.12. The molecule has 2 heterocycles. The standard InChI is InChI=1S/C18H28N2O4/c1-13-15(8-11-23-13)17(22)20(12-14-6-5-10-24-14)9-7-16(21)19-18(2,3)4/h8,11,14H,5-7,9-10,12H2,1-4H3,(H,19,21)/t14-/m1/s1. The molecule has 0 radical (unpaired) electrons. The zero-order chi connectivity index (χ0) is 17.7. The number of carbonyl (C=O) groups excluding carboxylic acids is 2. The molecule has 0 unspecified atom stereocenters. The maximum absolute atomic E-state index is 12.8. The zero-order valence-corrected chi connectivity index (χ0v) is 15.1. The summed E-state index contributed by atoms with van der Waals surface area (Å²) in [7, 11) is 0. The van der Waals surface area contributed by atoms with E-state index in [2.05, 4.69) is 5.32 Å². The Morgan fingerprint density at radius 2 is 2.12 bits per heavy atom. The normalized spacial score (nSPS) is 17.8. The van der Waals surface area contributed by atoms with Gasteiger partial charge in [-0.2, -0.15) is 0 Å². The molecule has 1 saturated heterocycles. The second kappa shape index (κ2) is 7.83. The number of nitrogens with zero attached hydrogens (tertiary/aromatic N) is 1. The fourth-order valence-electron chi connectivity index (χ4n) is 2.80. The number of amides is 2. The minimum absolute atomic E-state index is 0.0480. The maximum atomic E-state index is 12.8. The molecule has 2 amide bonds. The predicted octanol–water partition coefficient (Wildman–Crippen LogP) is 2.51. The lowest BCUT2D eigenvalue weighted by Crippen LogP contribution is -2.44. The molecular weight excluding hydrogens is 308 g/mol. The molecule has 1 aliphatic rings. The predicted molar refractivity (Wildman–Crippen MR) is 90.8 cm³/mol. The highest BCUT2D eigenvalue weighted by molar-refractivity contribution is 5.95. The lowest BCUT2D eigenvalue weighted by atomic mass is 10.1. The second-order valence-corrected chi connectivity index (χ2v) is 7.32. The topological polar surface area (TPSA) is 71.8 Å². The molecule has 0 bridgehead atoms. The lowest BCUT2D eigenvalue weighted by molar-refractivity contribution is -0.122. The van der Waals surface area contributed by atoms with E-state index in [-0.39, 0.29) is 29.9 Å². The van der Waals surface area contributed by atoms with Gasteiger partial charge in [-0.15, -0.1) is 0 Å². The summed E-state index contributed by atoms with van der Waals surface area (Å²) in [5.41, 5.74) is 0.269. The van der Waals surface area contributed by atoms with E-state index in [1.54, 1.807) is 17.9 Å². The fraction of sp³-hybridized carbons (Fsp3) is 0.667. The van der Waals surface area contributed by atoms with Crippen molar-refractivity contribution in [2.75, 3.05) is 19.7 Å². The molecular formula is C18H28N2O4. The first-order valence-electron chi connectivity index (χ1n) is 8.52.